The minimum Gasteiger partial charge on any atom is -0.385 e. The molecule has 0 aromatic heterocycles. The third-order valence-corrected chi connectivity index (χ3v) is 3.41. The molecule has 5 heteroatoms. The maximum Gasteiger partial charge on any atom is 0.416 e. The zero-order chi connectivity index (χ0) is 13.2. The summed E-state index contributed by atoms with van der Waals surface area (Å²) in [5, 5.41) is 13.7. The van der Waals surface area contributed by atoms with Crippen LogP contribution in [-0.4, -0.2) is 18.2 Å². The van der Waals surface area contributed by atoms with E-state index < -0.39 is 17.3 Å². The Morgan fingerprint density at radius 3 is 2.33 bits per heavy atom. The molecule has 1 aromatic carbocycles. The van der Waals surface area contributed by atoms with Crippen LogP contribution in [0.25, 0.3) is 0 Å². The highest BCUT2D eigenvalue weighted by Gasteiger charge is 2.33. The molecule has 0 saturated carbocycles. The lowest BCUT2D eigenvalue weighted by Crippen LogP contribution is -2.27. The quantitative estimate of drug-likeness (QED) is 0.812. The lowest BCUT2D eigenvalue weighted by molar-refractivity contribution is -0.137. The van der Waals surface area contributed by atoms with E-state index in [2.05, 4.69) is 5.32 Å². The summed E-state index contributed by atoms with van der Waals surface area (Å²) in [5.41, 5.74) is -1.12. The van der Waals surface area contributed by atoms with Gasteiger partial charge in [-0.15, -0.1) is 0 Å². The molecule has 2 nitrogen and oxygen atoms in total. The van der Waals surface area contributed by atoms with Gasteiger partial charge in [-0.3, -0.25) is 0 Å². The van der Waals surface area contributed by atoms with Crippen molar-refractivity contribution in [3.05, 3.63) is 35.4 Å². The number of hydrogen-bond acceptors (Lipinski definition) is 2. The normalized spacial score (nSPS) is 25.8. The van der Waals surface area contributed by atoms with Gasteiger partial charge in [-0.05, 0) is 50.0 Å². The number of aliphatic hydroxyl groups is 1. The van der Waals surface area contributed by atoms with E-state index in [1.807, 2.05) is 0 Å². The fraction of sp³-hybridized carbons (Fsp3) is 0.538. The van der Waals surface area contributed by atoms with E-state index >= 15 is 0 Å². The SMILES string of the molecule is OC1(c2ccc(C(F)(F)F)cc2)CCCNCC1. The van der Waals surface area contributed by atoms with Crippen molar-refractivity contribution in [2.45, 2.75) is 31.0 Å². The van der Waals surface area contributed by atoms with E-state index in [1.165, 1.54) is 12.1 Å². The maximum absolute atomic E-state index is 12.4. The highest BCUT2D eigenvalue weighted by atomic mass is 19.4. The van der Waals surface area contributed by atoms with Crippen LogP contribution >= 0.6 is 0 Å². The van der Waals surface area contributed by atoms with Crippen LogP contribution in [0, 0.1) is 0 Å². The standard InChI is InChI=1S/C13H16F3NO/c14-13(15,16)11-4-2-10(3-5-11)12(18)6-1-8-17-9-7-12/h2-5,17-18H,1,6-9H2. The van der Waals surface area contributed by atoms with Crippen molar-refractivity contribution in [1.82, 2.24) is 5.32 Å². The third-order valence-electron chi connectivity index (χ3n) is 3.41. The molecule has 2 N–H and O–H groups in total. The van der Waals surface area contributed by atoms with Gasteiger partial charge < -0.3 is 10.4 Å². The molecule has 0 bridgehead atoms. The van der Waals surface area contributed by atoms with Gasteiger partial charge in [0, 0.05) is 0 Å². The zero-order valence-electron chi connectivity index (χ0n) is 9.93. The molecule has 2 rings (SSSR count). The molecule has 1 atom stereocenters. The van der Waals surface area contributed by atoms with Crippen molar-refractivity contribution < 1.29 is 18.3 Å². The van der Waals surface area contributed by atoms with Crippen molar-refractivity contribution in [1.29, 1.82) is 0 Å². The van der Waals surface area contributed by atoms with Crippen LogP contribution in [0.1, 0.15) is 30.4 Å². The van der Waals surface area contributed by atoms with Gasteiger partial charge in [-0.25, -0.2) is 0 Å². The van der Waals surface area contributed by atoms with Crippen LogP contribution in [-0.2, 0) is 11.8 Å². The summed E-state index contributed by atoms with van der Waals surface area (Å²) < 4.78 is 37.3. The van der Waals surface area contributed by atoms with E-state index in [0.717, 1.165) is 25.1 Å². The Kier molecular flexibility index (Phi) is 3.64. The van der Waals surface area contributed by atoms with Crippen LogP contribution in [0.3, 0.4) is 0 Å². The van der Waals surface area contributed by atoms with E-state index in [9.17, 15) is 18.3 Å². The first kappa shape index (κ1) is 13.4. The Morgan fingerprint density at radius 1 is 1.06 bits per heavy atom. The Bertz CT molecular complexity index is 392. The summed E-state index contributed by atoms with van der Waals surface area (Å²) in [6.07, 6.45) is -2.41. The van der Waals surface area contributed by atoms with Crippen molar-refractivity contribution in [2.75, 3.05) is 13.1 Å². The van der Waals surface area contributed by atoms with Gasteiger partial charge in [-0.2, -0.15) is 13.2 Å². The minimum atomic E-state index is -4.33. The first-order valence-corrected chi connectivity index (χ1v) is 6.03. The van der Waals surface area contributed by atoms with Gasteiger partial charge in [0.15, 0.2) is 0 Å². The largest absolute Gasteiger partial charge is 0.416 e. The summed E-state index contributed by atoms with van der Waals surface area (Å²) in [6.45, 7) is 1.51. The highest BCUT2D eigenvalue weighted by molar-refractivity contribution is 5.29. The topological polar surface area (TPSA) is 32.3 Å². The fourth-order valence-corrected chi connectivity index (χ4v) is 2.31. The molecule has 0 aliphatic carbocycles. The zero-order valence-corrected chi connectivity index (χ0v) is 9.93. The van der Waals surface area contributed by atoms with Crippen molar-refractivity contribution in [2.24, 2.45) is 0 Å². The lowest BCUT2D eigenvalue weighted by atomic mass is 9.86. The van der Waals surface area contributed by atoms with Gasteiger partial charge in [0.05, 0.1) is 11.2 Å². The average molecular weight is 259 g/mol. The van der Waals surface area contributed by atoms with Gasteiger partial charge in [-0.1, -0.05) is 12.1 Å². The fourth-order valence-electron chi connectivity index (χ4n) is 2.31. The molecule has 1 saturated heterocycles. The maximum atomic E-state index is 12.4. The third kappa shape index (κ3) is 2.84. The molecular weight excluding hydrogens is 243 g/mol. The highest BCUT2D eigenvalue weighted by Crippen LogP contribution is 2.34. The number of halogens is 3. The molecule has 1 aliphatic heterocycles. The molecule has 0 amide bonds. The van der Waals surface area contributed by atoms with Crippen LogP contribution in [0.4, 0.5) is 13.2 Å². The van der Waals surface area contributed by atoms with Crippen LogP contribution in [0.5, 0.6) is 0 Å². The molecule has 1 heterocycles. The monoisotopic (exact) mass is 259 g/mol. The second-order valence-corrected chi connectivity index (χ2v) is 4.71. The first-order chi connectivity index (χ1) is 8.42. The molecule has 100 valence electrons. The number of alkyl halides is 3. The van der Waals surface area contributed by atoms with Gasteiger partial charge in [0.2, 0.25) is 0 Å². The molecule has 0 spiro atoms. The van der Waals surface area contributed by atoms with E-state index in [4.69, 9.17) is 0 Å². The van der Waals surface area contributed by atoms with E-state index in [0.29, 0.717) is 24.9 Å². The summed E-state index contributed by atoms with van der Waals surface area (Å²) in [4.78, 5) is 0. The van der Waals surface area contributed by atoms with Crippen LogP contribution in [0.2, 0.25) is 0 Å². The number of rotatable bonds is 1. The summed E-state index contributed by atoms with van der Waals surface area (Å²) >= 11 is 0. The molecule has 1 unspecified atom stereocenters. The summed E-state index contributed by atoms with van der Waals surface area (Å²) in [6, 6.07) is 4.83. The molecule has 1 aliphatic rings. The Balaban J connectivity index is 2.22. The van der Waals surface area contributed by atoms with E-state index in [-0.39, 0.29) is 0 Å². The van der Waals surface area contributed by atoms with Gasteiger partial charge in [0.25, 0.3) is 0 Å². The van der Waals surface area contributed by atoms with Crippen molar-refractivity contribution >= 4 is 0 Å². The molecule has 18 heavy (non-hydrogen) atoms. The second kappa shape index (κ2) is 4.90. The molecule has 0 radical (unpaired) electrons. The number of benzene rings is 1. The Labute approximate surface area is 104 Å². The van der Waals surface area contributed by atoms with Crippen LogP contribution < -0.4 is 5.32 Å². The first-order valence-electron chi connectivity index (χ1n) is 6.03. The second-order valence-electron chi connectivity index (χ2n) is 4.71. The Morgan fingerprint density at radius 2 is 1.72 bits per heavy atom. The Hall–Kier alpha value is -1.07. The number of nitrogens with one attached hydrogen (secondary N) is 1. The average Bonchev–Trinajstić information content (AvgIpc) is 2.54. The number of hydrogen-bond donors (Lipinski definition) is 2. The van der Waals surface area contributed by atoms with Crippen LogP contribution in [0.15, 0.2) is 24.3 Å². The molecular formula is C13H16F3NO. The van der Waals surface area contributed by atoms with Crippen molar-refractivity contribution in [3.63, 3.8) is 0 Å². The lowest BCUT2D eigenvalue weighted by Gasteiger charge is -2.27. The molecule has 1 aromatic rings. The minimum absolute atomic E-state index is 0.526. The van der Waals surface area contributed by atoms with Crippen molar-refractivity contribution in [3.8, 4) is 0 Å². The van der Waals surface area contributed by atoms with Gasteiger partial charge >= 0.3 is 6.18 Å². The summed E-state index contributed by atoms with van der Waals surface area (Å²) in [5.74, 6) is 0. The van der Waals surface area contributed by atoms with E-state index in [1.54, 1.807) is 0 Å². The molecule has 1 fully saturated rings. The predicted molar refractivity (Wildman–Crippen MR) is 62.1 cm³/mol. The summed E-state index contributed by atoms with van der Waals surface area (Å²) in [7, 11) is 0. The smallest absolute Gasteiger partial charge is 0.385 e. The van der Waals surface area contributed by atoms with Gasteiger partial charge in [0.1, 0.15) is 0 Å². The predicted octanol–water partition coefficient (Wildman–Crippen LogP) is 2.67.